The summed E-state index contributed by atoms with van der Waals surface area (Å²) in [5.74, 6) is -2.02. The zero-order chi connectivity index (χ0) is 51.2. The van der Waals surface area contributed by atoms with Gasteiger partial charge in [-0.25, -0.2) is 4.39 Å². The number of morpholine rings is 1. The minimum Gasteiger partial charge on any atom is -0.480 e. The molecule has 0 spiro atoms. The molecule has 19 nitrogen and oxygen atoms in total. The van der Waals surface area contributed by atoms with Gasteiger partial charge in [0.1, 0.15) is 35.8 Å². The van der Waals surface area contributed by atoms with E-state index in [1.807, 2.05) is 41.8 Å². The van der Waals surface area contributed by atoms with E-state index in [0.717, 1.165) is 37.8 Å². The van der Waals surface area contributed by atoms with Crippen LogP contribution in [0.4, 0.5) is 4.39 Å². The number of hydrogen-bond donors (Lipinski definition) is 3. The Morgan fingerprint density at radius 1 is 0.890 bits per heavy atom. The van der Waals surface area contributed by atoms with Crippen molar-refractivity contribution in [3.05, 3.63) is 111 Å². The van der Waals surface area contributed by atoms with E-state index in [2.05, 4.69) is 39.8 Å². The van der Waals surface area contributed by atoms with Crippen LogP contribution in [0, 0.1) is 26.6 Å². The van der Waals surface area contributed by atoms with Crippen LogP contribution in [0.1, 0.15) is 76.6 Å². The highest BCUT2D eigenvalue weighted by Gasteiger charge is 2.36. The summed E-state index contributed by atoms with van der Waals surface area (Å²) >= 11 is 7.94. The van der Waals surface area contributed by atoms with Gasteiger partial charge in [0.25, 0.3) is 0 Å². The Morgan fingerprint density at radius 3 is 2.41 bits per heavy atom. The van der Waals surface area contributed by atoms with Crippen molar-refractivity contribution in [1.29, 1.82) is 0 Å². The number of carbonyl (C=O) groups is 5. The molecule has 73 heavy (non-hydrogen) atoms. The zero-order valence-corrected chi connectivity index (χ0v) is 42.1. The van der Waals surface area contributed by atoms with Crippen molar-refractivity contribution < 1.29 is 38.2 Å². The van der Waals surface area contributed by atoms with Gasteiger partial charge in [0.05, 0.1) is 60.7 Å². The molecular formula is C51H52ClFN12O7S. The first-order valence-corrected chi connectivity index (χ1v) is 25.2. The van der Waals surface area contributed by atoms with E-state index >= 15 is 4.39 Å². The molecule has 2 atom stereocenters. The Balaban J connectivity index is 0.838. The summed E-state index contributed by atoms with van der Waals surface area (Å²) in [4.78, 5) is 74.6. The number of carboxylic acids is 1. The van der Waals surface area contributed by atoms with Crippen molar-refractivity contribution in [2.75, 3.05) is 45.9 Å². The van der Waals surface area contributed by atoms with E-state index in [1.54, 1.807) is 57.3 Å². The number of carbonyl (C=O) groups excluding carboxylic acids is 4. The van der Waals surface area contributed by atoms with Gasteiger partial charge in [0.15, 0.2) is 5.82 Å². The van der Waals surface area contributed by atoms with Crippen molar-refractivity contribution in [3.63, 3.8) is 0 Å². The van der Waals surface area contributed by atoms with Gasteiger partial charge in [-0.1, -0.05) is 35.9 Å². The van der Waals surface area contributed by atoms with Crippen molar-refractivity contribution in [1.82, 2.24) is 54.8 Å². The lowest BCUT2D eigenvalue weighted by Gasteiger charge is -2.36. The Labute approximate surface area is 427 Å². The van der Waals surface area contributed by atoms with Gasteiger partial charge < -0.3 is 30.3 Å². The number of fused-ring (bicyclic) bond motifs is 5. The second kappa shape index (κ2) is 20.3. The van der Waals surface area contributed by atoms with Crippen molar-refractivity contribution in [2.45, 2.75) is 71.1 Å². The highest BCUT2D eigenvalue weighted by atomic mass is 35.5. The average molecular weight is 1030 g/mol. The van der Waals surface area contributed by atoms with E-state index in [4.69, 9.17) is 31.5 Å². The third kappa shape index (κ3) is 9.83. The molecule has 3 N–H and O–H groups in total. The van der Waals surface area contributed by atoms with Gasteiger partial charge in [-0.15, -0.1) is 21.5 Å². The van der Waals surface area contributed by atoms with Gasteiger partial charge in [0, 0.05) is 76.5 Å². The van der Waals surface area contributed by atoms with E-state index in [-0.39, 0.29) is 50.3 Å². The number of nitrogens with one attached hydrogen (secondary N) is 2. The summed E-state index contributed by atoms with van der Waals surface area (Å²) in [6, 6.07) is 15.5. The number of carboxylic acid groups (broad SMARTS) is 1. The minimum absolute atomic E-state index is 0.0313. The number of ether oxygens (including phenoxy) is 1. The van der Waals surface area contributed by atoms with E-state index < -0.39 is 48.8 Å². The van der Waals surface area contributed by atoms with Crippen molar-refractivity contribution in [3.8, 4) is 16.1 Å². The minimum atomic E-state index is -1.22. The Hall–Kier alpha value is -7.36. The Bertz CT molecular complexity index is 3370. The first kappa shape index (κ1) is 49.2. The number of amides is 4. The van der Waals surface area contributed by atoms with Crippen molar-refractivity contribution in [2.24, 2.45) is 12.0 Å². The van der Waals surface area contributed by atoms with E-state index in [0.29, 0.717) is 82.3 Å². The summed E-state index contributed by atoms with van der Waals surface area (Å²) < 4.78 is 27.4. The largest absolute Gasteiger partial charge is 0.480 e. The van der Waals surface area contributed by atoms with Crippen LogP contribution in [0.25, 0.3) is 37.9 Å². The number of halogens is 2. The van der Waals surface area contributed by atoms with Gasteiger partial charge in [0.2, 0.25) is 23.6 Å². The van der Waals surface area contributed by atoms with Crippen LogP contribution in [0.2, 0.25) is 5.02 Å². The smallest absolute Gasteiger partial charge is 0.322 e. The predicted molar refractivity (Wildman–Crippen MR) is 270 cm³/mol. The number of thiophene rings is 1. The molecule has 7 aromatic rings. The lowest BCUT2D eigenvalue weighted by atomic mass is 9.88. The van der Waals surface area contributed by atoms with Gasteiger partial charge >= 0.3 is 5.97 Å². The van der Waals surface area contributed by atoms with E-state index in [9.17, 15) is 24.0 Å². The van der Waals surface area contributed by atoms with Crippen LogP contribution in [0.5, 0.6) is 0 Å². The lowest BCUT2D eigenvalue weighted by Crippen LogP contribution is -2.48. The lowest BCUT2D eigenvalue weighted by molar-refractivity contribution is -0.145. The number of hydrogen-bond acceptors (Lipinski definition) is 12. The number of aliphatic carboxylic acids is 1. The summed E-state index contributed by atoms with van der Waals surface area (Å²) in [5.41, 5.74) is 6.55. The highest BCUT2D eigenvalue weighted by molar-refractivity contribution is 7.15. The molecule has 2 saturated heterocycles. The maximum atomic E-state index is 16.0. The average Bonchev–Trinajstić information content (AvgIpc) is 4.11. The molecule has 0 saturated carbocycles. The number of piperidine rings is 1. The first-order valence-electron chi connectivity index (χ1n) is 24.0. The molecule has 2 fully saturated rings. The second-order valence-electron chi connectivity index (χ2n) is 18.6. The molecule has 7 heterocycles. The SMILES string of the molecule is Cc1sc2c(c1C)C(c1ccc(Cl)cc1)=N[C@@H](CC(=O)N1CCOC(CC(=O)N3CCC(c4nn(CC(=O)NCC(=O)NCC(=O)O)c5cccc(-c6cc7c(cnn7C)cc6F)c45)CC3)C1)c1nnc(C)n1-2. The molecule has 22 heteroatoms. The van der Waals surface area contributed by atoms with Gasteiger partial charge in [-0.05, 0) is 75.1 Å². The molecule has 3 aromatic carbocycles. The number of likely N-dealkylation sites (tertiary alicyclic amines) is 1. The molecular weight excluding hydrogens is 979 g/mol. The fraction of sp³-hybridized carbons (Fsp3) is 0.373. The fourth-order valence-electron chi connectivity index (χ4n) is 10.1. The van der Waals surface area contributed by atoms with Crippen LogP contribution < -0.4 is 10.6 Å². The highest BCUT2D eigenvalue weighted by Crippen LogP contribution is 2.42. The molecule has 1 unspecified atom stereocenters. The number of benzene rings is 3. The first-order chi connectivity index (χ1) is 35.1. The third-order valence-electron chi connectivity index (χ3n) is 14.0. The quantitative estimate of drug-likeness (QED) is 0.129. The van der Waals surface area contributed by atoms with E-state index in [1.165, 1.54) is 10.7 Å². The third-order valence-corrected chi connectivity index (χ3v) is 15.4. The normalized spacial score (nSPS) is 17.0. The van der Waals surface area contributed by atoms with Gasteiger partial charge in [-0.2, -0.15) is 10.2 Å². The number of rotatable bonds is 13. The van der Waals surface area contributed by atoms with Crippen LogP contribution in [-0.4, -0.2) is 137 Å². The molecule has 378 valence electrons. The Morgan fingerprint density at radius 2 is 1.64 bits per heavy atom. The fourth-order valence-corrected chi connectivity index (χ4v) is 11.4. The molecule has 4 amide bonds. The monoisotopic (exact) mass is 1030 g/mol. The predicted octanol–water partition coefficient (Wildman–Crippen LogP) is 5.57. The summed E-state index contributed by atoms with van der Waals surface area (Å²) in [6.07, 6.45) is 2.22. The Kier molecular flexibility index (Phi) is 13.7. The van der Waals surface area contributed by atoms with Crippen LogP contribution >= 0.6 is 22.9 Å². The number of aryl methyl sites for hydroxylation is 3. The van der Waals surface area contributed by atoms with Crippen LogP contribution in [-0.2, 0) is 42.3 Å². The van der Waals surface area contributed by atoms with Gasteiger partial charge in [-0.3, -0.25) is 42.9 Å². The number of aromatic nitrogens is 7. The molecule has 3 aliphatic rings. The maximum Gasteiger partial charge on any atom is 0.322 e. The van der Waals surface area contributed by atoms with Crippen LogP contribution in [0.15, 0.2) is 65.8 Å². The number of aliphatic imine (C=N–C) groups is 1. The summed E-state index contributed by atoms with van der Waals surface area (Å²) in [6.45, 7) is 6.41. The molecule has 0 bridgehead atoms. The number of nitrogens with zero attached hydrogens (tertiary/aromatic N) is 10. The molecule has 10 rings (SSSR count). The molecule has 4 aromatic heterocycles. The zero-order valence-electron chi connectivity index (χ0n) is 40.5. The standard InChI is InChI=1S/C51H52ClFN12O7S/c1-27-28(2)73-51-46(27)48(30-8-10-33(52)11-9-30)57-38(50-59-58-29(3)65(50)51)21-44(69)63-16-17-72-34(25-63)19-43(68)62-14-12-31(13-15-62)49-47-35(36-20-40-32(18-37(36)53)22-56-61(40)4)6-5-7-39(47)64(60-49)26-42(67)54-23-41(66)55-24-45(70)71/h5-11,18,20,22,31,34,38H,12-17,19,21,23-26H2,1-4H3,(H,54,67)(H,55,66)(H,70,71)/t34?,38-/m0/s1. The molecule has 0 aliphatic carbocycles. The second-order valence-corrected chi connectivity index (χ2v) is 20.3. The summed E-state index contributed by atoms with van der Waals surface area (Å²) in [5, 5.41) is 34.8. The molecule has 3 aliphatic heterocycles. The maximum absolute atomic E-state index is 16.0. The molecule has 0 radical (unpaired) electrons. The summed E-state index contributed by atoms with van der Waals surface area (Å²) in [7, 11) is 1.78. The topological polar surface area (TPSA) is 224 Å². The van der Waals surface area contributed by atoms with Crippen LogP contribution in [0.3, 0.4) is 0 Å². The van der Waals surface area contributed by atoms with Crippen molar-refractivity contribution >= 4 is 80.1 Å².